The van der Waals surface area contributed by atoms with Crippen molar-refractivity contribution in [2.45, 2.75) is 19.1 Å². The normalized spacial score (nSPS) is 13.8. The quantitative estimate of drug-likeness (QED) is 0.839. The Morgan fingerprint density at radius 3 is 2.70 bits per heavy atom. The van der Waals surface area contributed by atoms with Crippen molar-refractivity contribution in [2.75, 3.05) is 7.11 Å². The highest BCUT2D eigenvalue weighted by molar-refractivity contribution is 7.17. The average molecular weight is 293 g/mol. The molecule has 0 bridgehead atoms. The van der Waals surface area contributed by atoms with Crippen molar-refractivity contribution in [2.24, 2.45) is 0 Å². The number of fused-ring (bicyclic) bond motifs is 1. The van der Waals surface area contributed by atoms with Crippen LogP contribution in [-0.2, 0) is 9.53 Å². The van der Waals surface area contributed by atoms with Crippen LogP contribution in [0.5, 0.6) is 0 Å². The van der Waals surface area contributed by atoms with E-state index in [1.807, 2.05) is 24.3 Å². The van der Waals surface area contributed by atoms with Gasteiger partial charge in [0.25, 0.3) is 5.91 Å². The molecule has 5 nitrogen and oxygen atoms in total. The molecular weight excluding hydrogens is 278 g/mol. The number of carbonyl (C=O) groups excluding carboxylic acids is 2. The molecule has 2 atom stereocenters. The summed E-state index contributed by atoms with van der Waals surface area (Å²) in [6.07, 6.45) is -1.03. The summed E-state index contributed by atoms with van der Waals surface area (Å²) >= 11 is 1.45. The van der Waals surface area contributed by atoms with E-state index >= 15 is 0 Å². The van der Waals surface area contributed by atoms with Crippen LogP contribution >= 0.6 is 11.3 Å². The predicted octanol–water partition coefficient (Wildman–Crippen LogP) is 1.55. The molecule has 1 amide bonds. The van der Waals surface area contributed by atoms with Gasteiger partial charge in [-0.3, -0.25) is 4.79 Å². The van der Waals surface area contributed by atoms with Gasteiger partial charge in [0.1, 0.15) is 0 Å². The zero-order chi connectivity index (χ0) is 14.7. The summed E-state index contributed by atoms with van der Waals surface area (Å²) in [6.45, 7) is 1.42. The van der Waals surface area contributed by atoms with Gasteiger partial charge in [0.05, 0.1) is 18.8 Å². The van der Waals surface area contributed by atoms with Crippen LogP contribution in [0.25, 0.3) is 10.1 Å². The zero-order valence-corrected chi connectivity index (χ0v) is 11.9. The van der Waals surface area contributed by atoms with Gasteiger partial charge in [-0.1, -0.05) is 18.2 Å². The van der Waals surface area contributed by atoms with Crippen molar-refractivity contribution in [3.8, 4) is 0 Å². The molecule has 0 aliphatic carbocycles. The lowest BCUT2D eigenvalue weighted by atomic mass is 10.1. The molecule has 0 radical (unpaired) electrons. The zero-order valence-electron chi connectivity index (χ0n) is 11.1. The molecule has 2 aromatic rings. The van der Waals surface area contributed by atoms with Crippen LogP contribution in [0.3, 0.4) is 0 Å². The number of thiophene rings is 1. The van der Waals surface area contributed by atoms with Crippen LogP contribution in [0.2, 0.25) is 0 Å². The van der Waals surface area contributed by atoms with Crippen LogP contribution in [0, 0.1) is 0 Å². The molecule has 2 N–H and O–H groups in total. The Morgan fingerprint density at radius 2 is 2.05 bits per heavy atom. The fourth-order valence-corrected chi connectivity index (χ4v) is 2.82. The number of aliphatic hydroxyl groups is 1. The first-order chi connectivity index (χ1) is 9.54. The Balaban J connectivity index is 2.25. The third-order valence-electron chi connectivity index (χ3n) is 2.95. The van der Waals surface area contributed by atoms with E-state index in [9.17, 15) is 14.7 Å². The monoisotopic (exact) mass is 293 g/mol. The molecule has 0 saturated heterocycles. The van der Waals surface area contributed by atoms with Gasteiger partial charge < -0.3 is 15.2 Å². The summed E-state index contributed by atoms with van der Waals surface area (Å²) in [7, 11) is 1.21. The van der Waals surface area contributed by atoms with Crippen molar-refractivity contribution in [1.29, 1.82) is 0 Å². The Hall–Kier alpha value is -1.92. The van der Waals surface area contributed by atoms with Crippen molar-refractivity contribution < 1.29 is 19.4 Å². The van der Waals surface area contributed by atoms with Gasteiger partial charge >= 0.3 is 5.97 Å². The Labute approximate surface area is 120 Å². The molecule has 1 heterocycles. The van der Waals surface area contributed by atoms with Gasteiger partial charge in [-0.15, -0.1) is 11.3 Å². The van der Waals surface area contributed by atoms with Gasteiger partial charge in [-0.2, -0.15) is 0 Å². The van der Waals surface area contributed by atoms with E-state index in [4.69, 9.17) is 0 Å². The SMILES string of the molecule is COC(=O)[C@H](NC(=O)c1csc2ccccc12)[C@H](C)O. The van der Waals surface area contributed by atoms with Crippen molar-refractivity contribution in [3.05, 3.63) is 35.2 Å². The number of benzene rings is 1. The second-order valence-electron chi connectivity index (χ2n) is 4.36. The maximum atomic E-state index is 12.2. The second-order valence-corrected chi connectivity index (χ2v) is 5.27. The van der Waals surface area contributed by atoms with E-state index in [1.54, 1.807) is 5.38 Å². The van der Waals surface area contributed by atoms with E-state index in [2.05, 4.69) is 10.1 Å². The molecular formula is C14H15NO4S. The summed E-state index contributed by atoms with van der Waals surface area (Å²) in [5.41, 5.74) is 0.486. The van der Waals surface area contributed by atoms with Gasteiger partial charge in [-0.25, -0.2) is 4.79 Å². The molecule has 1 aromatic carbocycles. The lowest BCUT2D eigenvalue weighted by Crippen LogP contribution is -2.48. The van der Waals surface area contributed by atoms with Crippen molar-refractivity contribution >= 4 is 33.3 Å². The minimum absolute atomic E-state index is 0.404. The largest absolute Gasteiger partial charge is 0.467 e. The number of esters is 1. The van der Waals surface area contributed by atoms with Gasteiger partial charge in [0.15, 0.2) is 6.04 Å². The number of methoxy groups -OCH3 is 1. The summed E-state index contributed by atoms with van der Waals surface area (Å²) in [5, 5.41) is 14.6. The topological polar surface area (TPSA) is 75.6 Å². The lowest BCUT2D eigenvalue weighted by molar-refractivity contribution is -0.145. The molecule has 0 spiro atoms. The molecule has 1 aromatic heterocycles. The predicted molar refractivity (Wildman–Crippen MR) is 76.8 cm³/mol. The summed E-state index contributed by atoms with van der Waals surface area (Å²) in [5.74, 6) is -1.08. The molecule has 0 aliphatic rings. The summed E-state index contributed by atoms with van der Waals surface area (Å²) in [4.78, 5) is 23.8. The van der Waals surface area contributed by atoms with Crippen LogP contribution < -0.4 is 5.32 Å². The van der Waals surface area contributed by atoms with E-state index in [0.29, 0.717) is 5.56 Å². The molecule has 0 saturated carbocycles. The minimum Gasteiger partial charge on any atom is -0.467 e. The number of carbonyl (C=O) groups is 2. The number of aliphatic hydroxyl groups excluding tert-OH is 1. The first-order valence-electron chi connectivity index (χ1n) is 6.07. The fraction of sp³-hybridized carbons (Fsp3) is 0.286. The molecule has 106 valence electrons. The van der Waals surface area contributed by atoms with Crippen LogP contribution in [0.4, 0.5) is 0 Å². The second kappa shape index (κ2) is 6.02. The van der Waals surface area contributed by atoms with Crippen LogP contribution in [0.15, 0.2) is 29.6 Å². The van der Waals surface area contributed by atoms with Crippen LogP contribution in [0.1, 0.15) is 17.3 Å². The number of amides is 1. The first kappa shape index (κ1) is 14.5. The summed E-state index contributed by atoms with van der Waals surface area (Å²) < 4.78 is 5.56. The van der Waals surface area contributed by atoms with Gasteiger partial charge in [0.2, 0.25) is 0 Å². The Morgan fingerprint density at radius 1 is 1.35 bits per heavy atom. The molecule has 20 heavy (non-hydrogen) atoms. The molecule has 6 heteroatoms. The first-order valence-corrected chi connectivity index (χ1v) is 6.95. The average Bonchev–Trinajstić information content (AvgIpc) is 2.87. The lowest BCUT2D eigenvalue weighted by Gasteiger charge is -2.18. The van der Waals surface area contributed by atoms with E-state index in [1.165, 1.54) is 25.4 Å². The van der Waals surface area contributed by atoms with Gasteiger partial charge in [-0.05, 0) is 13.0 Å². The van der Waals surface area contributed by atoms with Crippen molar-refractivity contribution in [1.82, 2.24) is 5.32 Å². The Kier molecular flexibility index (Phi) is 4.36. The molecule has 0 aliphatic heterocycles. The number of hydrogen-bond acceptors (Lipinski definition) is 5. The number of ether oxygens (including phenoxy) is 1. The summed E-state index contributed by atoms with van der Waals surface area (Å²) in [6, 6.07) is 6.43. The van der Waals surface area contributed by atoms with Crippen LogP contribution in [-0.4, -0.2) is 36.2 Å². The molecule has 2 rings (SSSR count). The van der Waals surface area contributed by atoms with E-state index < -0.39 is 24.0 Å². The molecule has 0 unspecified atom stereocenters. The Bertz CT molecular complexity index is 635. The van der Waals surface area contributed by atoms with Gasteiger partial charge in [0, 0.05) is 15.5 Å². The van der Waals surface area contributed by atoms with E-state index in [-0.39, 0.29) is 0 Å². The highest BCUT2D eigenvalue weighted by atomic mass is 32.1. The highest BCUT2D eigenvalue weighted by Crippen LogP contribution is 2.25. The fourth-order valence-electron chi connectivity index (χ4n) is 1.88. The molecule has 0 fully saturated rings. The maximum Gasteiger partial charge on any atom is 0.331 e. The minimum atomic E-state index is -1.08. The smallest absolute Gasteiger partial charge is 0.331 e. The number of rotatable bonds is 4. The van der Waals surface area contributed by atoms with Crippen molar-refractivity contribution in [3.63, 3.8) is 0 Å². The van der Waals surface area contributed by atoms with E-state index in [0.717, 1.165) is 10.1 Å². The maximum absolute atomic E-state index is 12.2. The number of nitrogens with one attached hydrogen (secondary N) is 1. The number of hydrogen-bond donors (Lipinski definition) is 2. The third kappa shape index (κ3) is 2.81. The highest BCUT2D eigenvalue weighted by Gasteiger charge is 2.27. The standard InChI is InChI=1S/C14H15NO4S/c1-8(16)12(14(18)19-2)15-13(17)10-7-20-11-6-4-3-5-9(10)11/h3-8,12,16H,1-2H3,(H,15,17)/t8-,12+/m0/s1. The third-order valence-corrected chi connectivity index (χ3v) is 3.91.